The number of rotatable bonds is 13. The first-order valence-corrected chi connectivity index (χ1v) is 17.3. The Bertz CT molecular complexity index is 1330. The Morgan fingerprint density at radius 2 is 1.58 bits per heavy atom. The van der Waals surface area contributed by atoms with Crippen LogP contribution in [-0.2, 0) is 33.0 Å². The number of carboxylic acid groups (broad SMARTS) is 1. The lowest BCUT2D eigenvalue weighted by Gasteiger charge is -2.47. The summed E-state index contributed by atoms with van der Waals surface area (Å²) in [7, 11) is 0. The van der Waals surface area contributed by atoms with Crippen LogP contribution in [0, 0.1) is 17.8 Å². The van der Waals surface area contributed by atoms with Gasteiger partial charge in [-0.05, 0) is 99.8 Å². The highest BCUT2D eigenvalue weighted by atomic mass is 19.4. The highest BCUT2D eigenvalue weighted by Crippen LogP contribution is 2.41. The van der Waals surface area contributed by atoms with Gasteiger partial charge in [0.25, 0.3) is 0 Å². The number of amides is 1. The summed E-state index contributed by atoms with van der Waals surface area (Å²) in [4.78, 5) is 31.3. The molecular formula is C35H47F6N3O6. The van der Waals surface area contributed by atoms with E-state index < -0.39 is 41.5 Å². The summed E-state index contributed by atoms with van der Waals surface area (Å²) in [6.07, 6.45) is -4.31. The number of nitrogens with one attached hydrogen (secondary N) is 1. The summed E-state index contributed by atoms with van der Waals surface area (Å²) in [5.41, 5.74) is -2.76. The standard InChI is InChI=1S/C35H47F6N3O6/c1-3-27-15-24(16-28(4-2)44(27)33(48)50-29-9-7-22(8-10-29)32(46)47)23(17-31-42-19-30(20-43-31)49-12-11-45)6-5-21-13-25(34(36,37)38)18-26(14-21)35(39,40)41/h13-14,18-19,22-24,27-29,45H,3-12,15-17,20H2,1-2H3,(H,42,43)(H,46,47)/t22?,23?,24?,27-,28+,29?. The molecule has 2 heterocycles. The molecule has 4 rings (SSSR count). The van der Waals surface area contributed by atoms with Crippen LogP contribution >= 0.6 is 0 Å². The molecule has 15 heteroatoms. The van der Waals surface area contributed by atoms with E-state index in [1.54, 1.807) is 11.1 Å². The van der Waals surface area contributed by atoms with Gasteiger partial charge in [-0.2, -0.15) is 26.3 Å². The summed E-state index contributed by atoms with van der Waals surface area (Å²) in [5, 5.41) is 21.5. The highest BCUT2D eigenvalue weighted by molar-refractivity contribution is 5.84. The van der Waals surface area contributed by atoms with E-state index in [2.05, 4.69) is 10.3 Å². The number of likely N-dealkylation sites (tertiary alicyclic amines) is 1. The molecule has 1 aromatic carbocycles. The van der Waals surface area contributed by atoms with E-state index >= 15 is 0 Å². The molecule has 9 nitrogen and oxygen atoms in total. The zero-order chi connectivity index (χ0) is 36.6. The number of hydrogen-bond donors (Lipinski definition) is 3. The minimum atomic E-state index is -4.95. The molecule has 0 bridgehead atoms. The zero-order valence-corrected chi connectivity index (χ0v) is 28.4. The number of aliphatic hydroxyl groups is 1. The average molecular weight is 720 g/mol. The number of carbonyl (C=O) groups is 2. The predicted octanol–water partition coefficient (Wildman–Crippen LogP) is 7.56. The normalized spacial score (nSPS) is 25.2. The van der Waals surface area contributed by atoms with E-state index in [9.17, 15) is 41.0 Å². The van der Waals surface area contributed by atoms with Gasteiger partial charge in [-0.25, -0.2) is 4.79 Å². The number of carboxylic acids is 1. The van der Waals surface area contributed by atoms with Crippen LogP contribution in [0.5, 0.6) is 0 Å². The lowest BCUT2D eigenvalue weighted by atomic mass is 9.73. The quantitative estimate of drug-likeness (QED) is 0.180. The first kappa shape index (κ1) is 39.3. The van der Waals surface area contributed by atoms with Crippen molar-refractivity contribution >= 4 is 17.9 Å². The van der Waals surface area contributed by atoms with E-state index in [0.717, 1.165) is 12.1 Å². The lowest BCUT2D eigenvalue weighted by Crippen LogP contribution is -2.54. The van der Waals surface area contributed by atoms with Gasteiger partial charge in [0.15, 0.2) is 0 Å². The van der Waals surface area contributed by atoms with Gasteiger partial charge < -0.3 is 29.9 Å². The molecule has 1 aliphatic carbocycles. The minimum Gasteiger partial charge on any atom is -0.492 e. The third kappa shape index (κ3) is 10.5. The zero-order valence-electron chi connectivity index (χ0n) is 28.4. The van der Waals surface area contributed by atoms with Crippen LogP contribution in [0.1, 0.15) is 94.7 Å². The van der Waals surface area contributed by atoms with Crippen LogP contribution in [0.2, 0.25) is 0 Å². The van der Waals surface area contributed by atoms with Gasteiger partial charge in [-0.15, -0.1) is 0 Å². The molecule has 1 saturated carbocycles. The number of ether oxygens (including phenoxy) is 2. The van der Waals surface area contributed by atoms with Crippen LogP contribution in [0.4, 0.5) is 31.1 Å². The second-order valence-electron chi connectivity index (χ2n) is 13.5. The number of nitrogens with zero attached hydrogens (tertiary/aromatic N) is 2. The van der Waals surface area contributed by atoms with Crippen molar-refractivity contribution in [2.45, 2.75) is 115 Å². The van der Waals surface area contributed by atoms with Crippen molar-refractivity contribution < 1.29 is 55.6 Å². The Labute approximate surface area is 288 Å². The Morgan fingerprint density at radius 3 is 2.06 bits per heavy atom. The summed E-state index contributed by atoms with van der Waals surface area (Å²) in [6, 6.07) is 1.27. The highest BCUT2D eigenvalue weighted by Gasteiger charge is 2.42. The molecule has 0 spiro atoms. The second-order valence-corrected chi connectivity index (χ2v) is 13.5. The maximum atomic E-state index is 13.6. The number of aryl methyl sites for hydroxylation is 1. The number of piperidine rings is 1. The van der Waals surface area contributed by atoms with Gasteiger partial charge in [0.1, 0.15) is 24.3 Å². The van der Waals surface area contributed by atoms with Crippen LogP contribution in [0.15, 0.2) is 35.2 Å². The SMILES string of the molecule is CC[C@@H]1CC(C(CCc2cc(C(F)(F)F)cc(C(F)(F)F)c2)CC2=NCC(OCCO)=CN2)C[C@H](CC)N1C(=O)OC1CCC(C(=O)O)CC1. The molecule has 1 amide bonds. The Morgan fingerprint density at radius 1 is 0.980 bits per heavy atom. The smallest absolute Gasteiger partial charge is 0.416 e. The first-order valence-electron chi connectivity index (χ1n) is 17.3. The van der Waals surface area contributed by atoms with Crippen molar-refractivity contribution in [3.8, 4) is 0 Å². The van der Waals surface area contributed by atoms with Gasteiger partial charge in [0, 0.05) is 24.7 Å². The molecule has 1 aromatic rings. The Kier molecular flexibility index (Phi) is 13.5. The molecule has 2 unspecified atom stereocenters. The number of carbonyl (C=O) groups excluding carboxylic acids is 1. The molecule has 1 saturated heterocycles. The number of aliphatic hydroxyl groups excluding tert-OH is 1. The maximum absolute atomic E-state index is 13.6. The average Bonchev–Trinajstić information content (AvgIpc) is 3.08. The van der Waals surface area contributed by atoms with E-state index in [1.807, 2.05) is 13.8 Å². The molecule has 2 fully saturated rings. The van der Waals surface area contributed by atoms with Crippen LogP contribution in [0.25, 0.3) is 0 Å². The van der Waals surface area contributed by atoms with E-state index in [4.69, 9.17) is 14.6 Å². The van der Waals surface area contributed by atoms with Crippen molar-refractivity contribution in [2.24, 2.45) is 22.7 Å². The number of aliphatic imine (C=N–C) groups is 1. The van der Waals surface area contributed by atoms with Gasteiger partial charge in [-0.3, -0.25) is 9.79 Å². The van der Waals surface area contributed by atoms with Gasteiger partial charge in [-0.1, -0.05) is 13.8 Å². The second kappa shape index (κ2) is 17.1. The monoisotopic (exact) mass is 719 g/mol. The molecule has 2 aliphatic heterocycles. The van der Waals surface area contributed by atoms with Gasteiger partial charge in [0.2, 0.25) is 0 Å². The third-order valence-electron chi connectivity index (χ3n) is 10.2. The fourth-order valence-electron chi connectivity index (χ4n) is 7.45. The Balaban J connectivity index is 1.54. The number of alkyl halides is 6. The number of benzene rings is 1. The van der Waals surface area contributed by atoms with E-state index in [-0.39, 0.29) is 74.3 Å². The number of halogens is 6. The number of aliphatic carboxylic acids is 1. The van der Waals surface area contributed by atoms with E-state index in [1.165, 1.54) is 0 Å². The minimum absolute atomic E-state index is 0.0273. The fraction of sp³-hybridized carbons (Fsp3) is 0.686. The topological polar surface area (TPSA) is 121 Å². The first-order chi connectivity index (χ1) is 23.6. The van der Waals surface area contributed by atoms with Crippen LogP contribution in [0.3, 0.4) is 0 Å². The van der Waals surface area contributed by atoms with Crippen LogP contribution < -0.4 is 5.32 Å². The number of amidine groups is 1. The Hall–Kier alpha value is -3.49. The molecule has 280 valence electrons. The van der Waals surface area contributed by atoms with E-state index in [0.29, 0.717) is 69.4 Å². The molecule has 50 heavy (non-hydrogen) atoms. The molecule has 0 radical (unpaired) electrons. The molecule has 0 aromatic heterocycles. The van der Waals surface area contributed by atoms with Crippen LogP contribution in [-0.4, -0.2) is 71.0 Å². The molecule has 4 atom stereocenters. The fourth-order valence-corrected chi connectivity index (χ4v) is 7.45. The predicted molar refractivity (Wildman–Crippen MR) is 172 cm³/mol. The van der Waals surface area contributed by atoms with Crippen molar-refractivity contribution in [1.29, 1.82) is 0 Å². The molecule has 3 N–H and O–H groups in total. The van der Waals surface area contributed by atoms with Crippen molar-refractivity contribution in [3.05, 3.63) is 46.8 Å². The molecular weight excluding hydrogens is 672 g/mol. The summed E-state index contributed by atoms with van der Waals surface area (Å²) >= 11 is 0. The van der Waals surface area contributed by atoms with Crippen molar-refractivity contribution in [2.75, 3.05) is 19.8 Å². The van der Waals surface area contributed by atoms with Crippen molar-refractivity contribution in [1.82, 2.24) is 10.2 Å². The summed E-state index contributed by atoms with van der Waals surface area (Å²) < 4.78 is 93.1. The number of hydrogen-bond acceptors (Lipinski definition) is 7. The lowest BCUT2D eigenvalue weighted by molar-refractivity contribution is -0.144. The third-order valence-corrected chi connectivity index (χ3v) is 10.2. The van der Waals surface area contributed by atoms with Gasteiger partial charge >= 0.3 is 24.4 Å². The summed E-state index contributed by atoms with van der Waals surface area (Å²) in [5.74, 6) is -0.411. The maximum Gasteiger partial charge on any atom is 0.416 e. The van der Waals surface area contributed by atoms with Gasteiger partial charge in [0.05, 0.1) is 30.2 Å². The largest absolute Gasteiger partial charge is 0.492 e. The van der Waals surface area contributed by atoms with Crippen molar-refractivity contribution in [3.63, 3.8) is 0 Å². The summed E-state index contributed by atoms with van der Waals surface area (Å²) in [6.45, 7) is 4.06. The molecule has 3 aliphatic rings.